The van der Waals surface area contributed by atoms with Crippen molar-refractivity contribution in [2.24, 2.45) is 0 Å². The molecule has 2 rings (SSSR count). The zero-order chi connectivity index (χ0) is 12.4. The first-order valence-electron chi connectivity index (χ1n) is 5.93. The number of rotatable bonds is 3. The van der Waals surface area contributed by atoms with E-state index in [2.05, 4.69) is 23.4 Å². The van der Waals surface area contributed by atoms with Crippen molar-refractivity contribution in [2.45, 2.75) is 26.7 Å². The zero-order valence-electron chi connectivity index (χ0n) is 10.4. The van der Waals surface area contributed by atoms with Crippen molar-refractivity contribution < 1.29 is 4.79 Å². The fourth-order valence-corrected chi connectivity index (χ4v) is 1.94. The van der Waals surface area contributed by atoms with Crippen LogP contribution in [0.1, 0.15) is 35.7 Å². The fraction of sp³-hybridized carbons (Fsp3) is 0.385. The Kier molecular flexibility index (Phi) is 3.13. The van der Waals surface area contributed by atoms with Crippen molar-refractivity contribution >= 4 is 11.4 Å². The Morgan fingerprint density at radius 1 is 1.35 bits per heavy atom. The molecular weight excluding hydrogens is 214 g/mol. The number of hydrogen-bond acceptors (Lipinski definition) is 2. The monoisotopic (exact) mass is 231 g/mol. The number of nitrogens with zero attached hydrogens (tertiary/aromatic N) is 2. The summed E-state index contributed by atoms with van der Waals surface area (Å²) in [5.41, 5.74) is 2.62. The molecule has 4 heteroatoms. The first kappa shape index (κ1) is 11.6. The maximum Gasteiger partial charge on any atom is 0.271 e. The SMILES string of the molecule is CCc1ccc2c(C(=O)NC)nc(CC)n2c1. The third kappa shape index (κ3) is 1.90. The molecule has 0 aliphatic rings. The highest BCUT2D eigenvalue weighted by Gasteiger charge is 2.15. The molecule has 0 fully saturated rings. The summed E-state index contributed by atoms with van der Waals surface area (Å²) in [5.74, 6) is 0.792. The van der Waals surface area contributed by atoms with Crippen molar-refractivity contribution in [2.75, 3.05) is 7.05 Å². The van der Waals surface area contributed by atoms with Crippen LogP contribution in [0.4, 0.5) is 0 Å². The quantitative estimate of drug-likeness (QED) is 0.875. The summed E-state index contributed by atoms with van der Waals surface area (Å²) < 4.78 is 2.02. The van der Waals surface area contributed by atoms with Crippen molar-refractivity contribution in [1.82, 2.24) is 14.7 Å². The van der Waals surface area contributed by atoms with Crippen LogP contribution in [0.15, 0.2) is 18.3 Å². The molecule has 0 aromatic carbocycles. The Morgan fingerprint density at radius 2 is 2.12 bits per heavy atom. The number of hydrogen-bond donors (Lipinski definition) is 1. The first-order valence-corrected chi connectivity index (χ1v) is 5.93. The van der Waals surface area contributed by atoms with Crippen LogP contribution in [-0.2, 0) is 12.8 Å². The summed E-state index contributed by atoms with van der Waals surface area (Å²) in [6.45, 7) is 4.16. The third-order valence-corrected chi connectivity index (χ3v) is 2.94. The van der Waals surface area contributed by atoms with Gasteiger partial charge in [-0.2, -0.15) is 0 Å². The largest absolute Gasteiger partial charge is 0.354 e. The van der Waals surface area contributed by atoms with Gasteiger partial charge in [-0.25, -0.2) is 4.98 Å². The highest BCUT2D eigenvalue weighted by atomic mass is 16.1. The lowest BCUT2D eigenvalue weighted by Gasteiger charge is -2.02. The van der Waals surface area contributed by atoms with Crippen molar-refractivity contribution in [3.05, 3.63) is 35.4 Å². The van der Waals surface area contributed by atoms with E-state index in [4.69, 9.17) is 0 Å². The van der Waals surface area contributed by atoms with E-state index in [1.165, 1.54) is 5.56 Å². The van der Waals surface area contributed by atoms with Gasteiger partial charge in [0.15, 0.2) is 5.69 Å². The molecule has 0 aliphatic heterocycles. The molecule has 0 atom stereocenters. The Morgan fingerprint density at radius 3 is 2.71 bits per heavy atom. The van der Waals surface area contributed by atoms with Gasteiger partial charge in [0.05, 0.1) is 5.52 Å². The minimum atomic E-state index is -0.133. The zero-order valence-corrected chi connectivity index (χ0v) is 10.4. The van der Waals surface area contributed by atoms with Crippen LogP contribution >= 0.6 is 0 Å². The third-order valence-electron chi connectivity index (χ3n) is 2.94. The van der Waals surface area contributed by atoms with Gasteiger partial charge >= 0.3 is 0 Å². The average molecular weight is 231 g/mol. The van der Waals surface area contributed by atoms with E-state index in [9.17, 15) is 4.79 Å². The average Bonchev–Trinajstić information content (AvgIpc) is 2.75. The van der Waals surface area contributed by atoms with E-state index < -0.39 is 0 Å². The van der Waals surface area contributed by atoms with Crippen LogP contribution in [0.3, 0.4) is 0 Å². The second-order valence-electron chi connectivity index (χ2n) is 3.96. The van der Waals surface area contributed by atoms with Crippen LogP contribution < -0.4 is 5.32 Å². The molecule has 2 aromatic rings. The molecule has 0 saturated carbocycles. The molecule has 0 bridgehead atoms. The molecule has 0 spiro atoms. The van der Waals surface area contributed by atoms with E-state index in [1.807, 2.05) is 23.5 Å². The topological polar surface area (TPSA) is 46.4 Å². The van der Waals surface area contributed by atoms with E-state index in [1.54, 1.807) is 7.05 Å². The number of pyridine rings is 1. The van der Waals surface area contributed by atoms with Crippen LogP contribution in [-0.4, -0.2) is 22.3 Å². The fourth-order valence-electron chi connectivity index (χ4n) is 1.94. The second-order valence-corrected chi connectivity index (χ2v) is 3.96. The number of fused-ring (bicyclic) bond motifs is 1. The van der Waals surface area contributed by atoms with E-state index in [0.29, 0.717) is 5.69 Å². The maximum atomic E-state index is 11.7. The van der Waals surface area contributed by atoms with Gasteiger partial charge in [-0.3, -0.25) is 4.79 Å². The van der Waals surface area contributed by atoms with Crippen molar-refractivity contribution in [1.29, 1.82) is 0 Å². The number of amides is 1. The number of carbonyl (C=O) groups excluding carboxylic acids is 1. The Balaban J connectivity index is 2.68. The summed E-state index contributed by atoms with van der Waals surface area (Å²) in [6, 6.07) is 4.01. The summed E-state index contributed by atoms with van der Waals surface area (Å²) in [7, 11) is 1.62. The highest BCUT2D eigenvalue weighted by molar-refractivity contribution is 5.98. The highest BCUT2D eigenvalue weighted by Crippen LogP contribution is 2.15. The standard InChI is InChI=1S/C13H17N3O/c1-4-9-6-7-10-12(13(17)14-3)15-11(5-2)16(10)8-9/h6-8H,4-5H2,1-3H3,(H,14,17). The molecule has 2 heterocycles. The first-order chi connectivity index (χ1) is 8.21. The molecule has 0 aliphatic carbocycles. The molecule has 1 amide bonds. The molecule has 0 radical (unpaired) electrons. The number of aromatic nitrogens is 2. The van der Waals surface area contributed by atoms with Crippen molar-refractivity contribution in [3.63, 3.8) is 0 Å². The Labute approximate surface area is 101 Å². The van der Waals surface area contributed by atoms with Gasteiger partial charge in [0.25, 0.3) is 5.91 Å². The molecule has 2 aromatic heterocycles. The lowest BCUT2D eigenvalue weighted by atomic mass is 10.2. The van der Waals surface area contributed by atoms with Crippen molar-refractivity contribution in [3.8, 4) is 0 Å². The predicted molar refractivity (Wildman–Crippen MR) is 67.3 cm³/mol. The Hall–Kier alpha value is -1.84. The van der Waals surface area contributed by atoms with Gasteiger partial charge in [-0.15, -0.1) is 0 Å². The van der Waals surface area contributed by atoms with Gasteiger partial charge in [-0.1, -0.05) is 19.9 Å². The molecule has 1 N–H and O–H groups in total. The Bertz CT molecular complexity index is 557. The molecule has 0 saturated heterocycles. The number of carbonyl (C=O) groups is 1. The molecule has 4 nitrogen and oxygen atoms in total. The summed E-state index contributed by atoms with van der Waals surface area (Å²) in [6.07, 6.45) is 3.85. The molecule has 0 unspecified atom stereocenters. The lowest BCUT2D eigenvalue weighted by molar-refractivity contribution is 0.0960. The summed E-state index contributed by atoms with van der Waals surface area (Å²) >= 11 is 0. The number of nitrogens with one attached hydrogen (secondary N) is 1. The summed E-state index contributed by atoms with van der Waals surface area (Å²) in [4.78, 5) is 16.1. The van der Waals surface area contributed by atoms with E-state index in [-0.39, 0.29) is 5.91 Å². The molecular formula is C13H17N3O. The normalized spacial score (nSPS) is 10.8. The maximum absolute atomic E-state index is 11.7. The number of imidazole rings is 1. The van der Waals surface area contributed by atoms with E-state index >= 15 is 0 Å². The lowest BCUT2D eigenvalue weighted by Crippen LogP contribution is -2.18. The van der Waals surface area contributed by atoms with Crippen LogP contribution in [0.25, 0.3) is 5.52 Å². The smallest absolute Gasteiger partial charge is 0.271 e. The van der Waals surface area contributed by atoms with Gasteiger partial charge in [0.1, 0.15) is 5.82 Å². The van der Waals surface area contributed by atoms with Gasteiger partial charge < -0.3 is 9.72 Å². The number of aryl methyl sites for hydroxylation is 2. The summed E-state index contributed by atoms with van der Waals surface area (Å²) in [5, 5.41) is 2.62. The minimum Gasteiger partial charge on any atom is -0.354 e. The minimum absolute atomic E-state index is 0.133. The van der Waals surface area contributed by atoms with Crippen LogP contribution in [0, 0.1) is 0 Å². The molecule has 90 valence electrons. The predicted octanol–water partition coefficient (Wildman–Crippen LogP) is 1.82. The van der Waals surface area contributed by atoms with Gasteiger partial charge in [-0.05, 0) is 18.1 Å². The van der Waals surface area contributed by atoms with Crippen LogP contribution in [0.5, 0.6) is 0 Å². The van der Waals surface area contributed by atoms with Gasteiger partial charge in [0.2, 0.25) is 0 Å². The van der Waals surface area contributed by atoms with E-state index in [0.717, 1.165) is 24.2 Å². The van der Waals surface area contributed by atoms with Crippen LogP contribution in [0.2, 0.25) is 0 Å². The molecule has 17 heavy (non-hydrogen) atoms. The van der Waals surface area contributed by atoms with Gasteiger partial charge in [0, 0.05) is 19.7 Å². The second kappa shape index (κ2) is 4.57.